The number of thiophene rings is 1. The molecule has 1 heterocycles. The fourth-order valence-electron chi connectivity index (χ4n) is 2.21. The van der Waals surface area contributed by atoms with Crippen LogP contribution in [0.3, 0.4) is 0 Å². The molecule has 0 amide bonds. The van der Waals surface area contributed by atoms with E-state index in [1.54, 1.807) is 17.4 Å². The molecule has 1 aromatic rings. The van der Waals surface area contributed by atoms with Crippen molar-refractivity contribution >= 4 is 21.4 Å². The van der Waals surface area contributed by atoms with Gasteiger partial charge in [0.15, 0.2) is 0 Å². The Morgan fingerprint density at radius 2 is 2.00 bits per heavy atom. The number of unbranched alkanes of at least 4 members (excludes halogenated alkanes) is 2. The first-order valence-corrected chi connectivity index (χ1v) is 10.0. The molecule has 1 atom stereocenters. The number of hydrogen-bond acceptors (Lipinski definition) is 4. The van der Waals surface area contributed by atoms with Crippen molar-refractivity contribution in [3.63, 3.8) is 0 Å². The molecule has 0 fully saturated rings. The van der Waals surface area contributed by atoms with Crippen LogP contribution in [-0.2, 0) is 16.6 Å². The molecule has 1 unspecified atom stereocenters. The summed E-state index contributed by atoms with van der Waals surface area (Å²) in [5, 5.41) is 3.23. The van der Waals surface area contributed by atoms with E-state index in [1.807, 2.05) is 20.8 Å². The van der Waals surface area contributed by atoms with E-state index in [2.05, 4.69) is 17.0 Å². The SMILES string of the molecule is CCCCCC(C)NS(=O)(=O)c1cc(CNCC)sc1C. The fraction of sp³-hybridized carbons (Fsp3) is 0.733. The van der Waals surface area contributed by atoms with Crippen molar-refractivity contribution in [2.24, 2.45) is 0 Å². The van der Waals surface area contributed by atoms with Crippen LogP contribution in [0, 0.1) is 6.92 Å². The molecule has 1 aromatic heterocycles. The zero-order chi connectivity index (χ0) is 15.9. The molecule has 122 valence electrons. The summed E-state index contributed by atoms with van der Waals surface area (Å²) in [6.45, 7) is 9.60. The van der Waals surface area contributed by atoms with Crippen molar-refractivity contribution in [3.05, 3.63) is 15.8 Å². The maximum Gasteiger partial charge on any atom is 0.241 e. The predicted octanol–water partition coefficient (Wildman–Crippen LogP) is 3.41. The molecule has 0 aliphatic heterocycles. The summed E-state index contributed by atoms with van der Waals surface area (Å²) in [7, 11) is -3.40. The molecule has 21 heavy (non-hydrogen) atoms. The van der Waals surface area contributed by atoms with Gasteiger partial charge in [-0.15, -0.1) is 11.3 Å². The van der Waals surface area contributed by atoms with Gasteiger partial charge in [0.1, 0.15) is 0 Å². The Hall–Kier alpha value is -0.430. The molecule has 0 aliphatic rings. The third kappa shape index (κ3) is 6.06. The maximum atomic E-state index is 12.5. The van der Waals surface area contributed by atoms with Gasteiger partial charge in [-0.05, 0) is 32.9 Å². The topological polar surface area (TPSA) is 58.2 Å². The zero-order valence-electron chi connectivity index (χ0n) is 13.5. The van der Waals surface area contributed by atoms with Crippen LogP contribution < -0.4 is 10.0 Å². The summed E-state index contributed by atoms with van der Waals surface area (Å²) in [4.78, 5) is 2.35. The molecule has 4 nitrogen and oxygen atoms in total. The van der Waals surface area contributed by atoms with Gasteiger partial charge in [-0.25, -0.2) is 13.1 Å². The van der Waals surface area contributed by atoms with Crippen LogP contribution >= 0.6 is 11.3 Å². The van der Waals surface area contributed by atoms with Crippen LogP contribution in [0.1, 0.15) is 56.2 Å². The maximum absolute atomic E-state index is 12.5. The lowest BCUT2D eigenvalue weighted by Gasteiger charge is -2.13. The lowest BCUT2D eigenvalue weighted by molar-refractivity contribution is 0.527. The summed E-state index contributed by atoms with van der Waals surface area (Å²) in [5.74, 6) is 0. The van der Waals surface area contributed by atoms with Gasteiger partial charge in [0.05, 0.1) is 4.90 Å². The van der Waals surface area contributed by atoms with Crippen molar-refractivity contribution in [1.82, 2.24) is 10.0 Å². The van der Waals surface area contributed by atoms with E-state index in [4.69, 9.17) is 0 Å². The largest absolute Gasteiger partial charge is 0.312 e. The number of hydrogen-bond donors (Lipinski definition) is 2. The molecule has 1 rings (SSSR count). The van der Waals surface area contributed by atoms with Gasteiger partial charge < -0.3 is 5.32 Å². The van der Waals surface area contributed by atoms with E-state index in [0.717, 1.165) is 48.5 Å². The first kappa shape index (κ1) is 18.6. The number of nitrogens with one attached hydrogen (secondary N) is 2. The minimum Gasteiger partial charge on any atom is -0.312 e. The van der Waals surface area contributed by atoms with Gasteiger partial charge in [-0.1, -0.05) is 33.1 Å². The van der Waals surface area contributed by atoms with E-state index < -0.39 is 10.0 Å². The van der Waals surface area contributed by atoms with Crippen LogP contribution in [0.15, 0.2) is 11.0 Å². The Kier molecular flexibility index (Phi) is 7.87. The quantitative estimate of drug-likeness (QED) is 0.646. The molecule has 2 N–H and O–H groups in total. The summed E-state index contributed by atoms with van der Waals surface area (Å²) < 4.78 is 27.7. The van der Waals surface area contributed by atoms with E-state index >= 15 is 0 Å². The highest BCUT2D eigenvalue weighted by Crippen LogP contribution is 2.26. The first-order valence-electron chi connectivity index (χ1n) is 7.73. The Balaban J connectivity index is 2.71. The van der Waals surface area contributed by atoms with Crippen molar-refractivity contribution in [2.75, 3.05) is 6.54 Å². The highest BCUT2D eigenvalue weighted by molar-refractivity contribution is 7.89. The lowest BCUT2D eigenvalue weighted by Crippen LogP contribution is -2.32. The average Bonchev–Trinajstić information content (AvgIpc) is 2.78. The second-order valence-corrected chi connectivity index (χ2v) is 8.45. The Morgan fingerprint density at radius 3 is 2.62 bits per heavy atom. The van der Waals surface area contributed by atoms with E-state index in [-0.39, 0.29) is 6.04 Å². The monoisotopic (exact) mass is 332 g/mol. The summed E-state index contributed by atoms with van der Waals surface area (Å²) >= 11 is 1.55. The van der Waals surface area contributed by atoms with Crippen LogP contribution in [0.4, 0.5) is 0 Å². The van der Waals surface area contributed by atoms with Gasteiger partial charge in [0.25, 0.3) is 0 Å². The number of aryl methyl sites for hydroxylation is 1. The lowest BCUT2D eigenvalue weighted by atomic mass is 10.1. The number of rotatable bonds is 10. The van der Waals surface area contributed by atoms with Gasteiger partial charge in [-0.3, -0.25) is 0 Å². The number of sulfonamides is 1. The van der Waals surface area contributed by atoms with E-state index in [9.17, 15) is 8.42 Å². The van der Waals surface area contributed by atoms with Gasteiger partial charge in [0.2, 0.25) is 10.0 Å². The molecular formula is C15H28N2O2S2. The molecule has 0 aromatic carbocycles. The molecule has 0 aliphatic carbocycles. The smallest absolute Gasteiger partial charge is 0.241 e. The summed E-state index contributed by atoms with van der Waals surface area (Å²) in [5.41, 5.74) is 0. The standard InChI is InChI=1S/C15H28N2O2S2/c1-5-7-8-9-12(3)17-21(18,19)15-10-14(11-16-6-2)20-13(15)4/h10,12,16-17H,5-9,11H2,1-4H3. The second-order valence-electron chi connectivity index (χ2n) is 5.43. The molecule has 0 radical (unpaired) electrons. The summed E-state index contributed by atoms with van der Waals surface area (Å²) in [6.07, 6.45) is 4.25. The highest BCUT2D eigenvalue weighted by Gasteiger charge is 2.21. The second kappa shape index (κ2) is 8.88. The Morgan fingerprint density at radius 1 is 1.29 bits per heavy atom. The minimum atomic E-state index is -3.40. The van der Waals surface area contributed by atoms with Crippen LogP contribution in [-0.4, -0.2) is 21.0 Å². The zero-order valence-corrected chi connectivity index (χ0v) is 15.2. The van der Waals surface area contributed by atoms with E-state index in [0.29, 0.717) is 4.90 Å². The van der Waals surface area contributed by atoms with Crippen molar-refractivity contribution in [1.29, 1.82) is 0 Å². The molecule has 0 saturated heterocycles. The molecular weight excluding hydrogens is 304 g/mol. The van der Waals surface area contributed by atoms with Gasteiger partial charge in [0, 0.05) is 22.3 Å². The molecule has 0 saturated carbocycles. The third-order valence-corrected chi connectivity index (χ3v) is 6.25. The fourth-order valence-corrected chi connectivity index (χ4v) is 5.10. The Bertz CT molecular complexity index is 524. The summed E-state index contributed by atoms with van der Waals surface area (Å²) in [6, 6.07) is 1.78. The highest BCUT2D eigenvalue weighted by atomic mass is 32.2. The van der Waals surface area contributed by atoms with Gasteiger partial charge in [-0.2, -0.15) is 0 Å². The average molecular weight is 333 g/mol. The molecule has 0 bridgehead atoms. The minimum absolute atomic E-state index is 0.0157. The molecule has 6 heteroatoms. The molecule has 0 spiro atoms. The van der Waals surface area contributed by atoms with Crippen molar-refractivity contribution in [3.8, 4) is 0 Å². The van der Waals surface area contributed by atoms with Crippen LogP contribution in [0.25, 0.3) is 0 Å². The van der Waals surface area contributed by atoms with E-state index in [1.165, 1.54) is 0 Å². The van der Waals surface area contributed by atoms with Crippen LogP contribution in [0.2, 0.25) is 0 Å². The normalized spacial score (nSPS) is 13.5. The third-order valence-electron chi connectivity index (χ3n) is 3.36. The van der Waals surface area contributed by atoms with Crippen molar-refractivity contribution in [2.45, 2.75) is 70.9 Å². The van der Waals surface area contributed by atoms with Crippen molar-refractivity contribution < 1.29 is 8.42 Å². The van der Waals surface area contributed by atoms with Crippen LogP contribution in [0.5, 0.6) is 0 Å². The first-order chi connectivity index (χ1) is 9.90. The Labute approximate surface area is 133 Å². The van der Waals surface area contributed by atoms with Gasteiger partial charge >= 0.3 is 0 Å². The predicted molar refractivity (Wildman–Crippen MR) is 90.4 cm³/mol.